The fourth-order valence-electron chi connectivity index (χ4n) is 1.11. The largest absolute Gasteiger partial charge is 0.387 e. The quantitative estimate of drug-likeness (QED) is 0.826. The number of nitrogens with two attached hydrogens (primary N) is 1. The van der Waals surface area contributed by atoms with E-state index in [-0.39, 0.29) is 0 Å². The van der Waals surface area contributed by atoms with E-state index in [1.54, 1.807) is 32.0 Å². The van der Waals surface area contributed by atoms with Crippen molar-refractivity contribution < 1.29 is 5.11 Å². The summed E-state index contributed by atoms with van der Waals surface area (Å²) in [5, 5.41) is 10.7. The predicted molar refractivity (Wildman–Crippen MR) is 59.7 cm³/mol. The Balaban J connectivity index is 3.03. The van der Waals surface area contributed by atoms with Gasteiger partial charge in [0, 0.05) is 5.54 Å². The Morgan fingerprint density at radius 1 is 1.29 bits per heavy atom. The average molecular weight is 234 g/mol. The molecule has 0 fully saturated rings. The van der Waals surface area contributed by atoms with Gasteiger partial charge < -0.3 is 10.8 Å². The van der Waals surface area contributed by atoms with E-state index >= 15 is 0 Å². The molecule has 0 saturated carbocycles. The van der Waals surface area contributed by atoms with Crippen molar-refractivity contribution in [3.8, 4) is 0 Å². The Bertz CT molecular complexity index is 333. The van der Waals surface area contributed by atoms with E-state index in [9.17, 15) is 5.11 Å². The van der Waals surface area contributed by atoms with Crippen molar-refractivity contribution in [2.75, 3.05) is 0 Å². The second-order valence-electron chi connectivity index (χ2n) is 3.90. The van der Waals surface area contributed by atoms with E-state index < -0.39 is 11.6 Å². The van der Waals surface area contributed by atoms with Crippen LogP contribution in [-0.2, 0) is 0 Å². The minimum atomic E-state index is -0.753. The first-order valence-corrected chi connectivity index (χ1v) is 5.00. The molecule has 0 aliphatic rings. The van der Waals surface area contributed by atoms with E-state index in [0.29, 0.717) is 15.6 Å². The molecule has 0 aromatic heterocycles. The highest BCUT2D eigenvalue weighted by atomic mass is 35.5. The van der Waals surface area contributed by atoms with Gasteiger partial charge in [-0.05, 0) is 31.5 Å². The lowest BCUT2D eigenvalue weighted by molar-refractivity contribution is 0.105. The number of hydrogen-bond donors (Lipinski definition) is 2. The van der Waals surface area contributed by atoms with Crippen molar-refractivity contribution >= 4 is 23.2 Å². The molecule has 0 radical (unpaired) electrons. The lowest BCUT2D eigenvalue weighted by atomic mass is 9.93. The Labute approximate surface area is 93.6 Å². The Kier molecular flexibility index (Phi) is 3.43. The molecule has 2 nitrogen and oxygen atoms in total. The summed E-state index contributed by atoms with van der Waals surface area (Å²) in [6, 6.07) is 4.99. The van der Waals surface area contributed by atoms with Crippen LogP contribution in [0, 0.1) is 0 Å². The first-order chi connectivity index (χ1) is 6.32. The number of benzene rings is 1. The summed E-state index contributed by atoms with van der Waals surface area (Å²) in [6.45, 7) is 3.50. The molecule has 4 heteroatoms. The van der Waals surface area contributed by atoms with Crippen LogP contribution in [-0.4, -0.2) is 10.6 Å². The second-order valence-corrected chi connectivity index (χ2v) is 4.71. The van der Waals surface area contributed by atoms with E-state index in [0.717, 1.165) is 0 Å². The van der Waals surface area contributed by atoms with Crippen LogP contribution in [0.25, 0.3) is 0 Å². The maximum atomic E-state index is 9.85. The molecule has 0 spiro atoms. The van der Waals surface area contributed by atoms with Crippen molar-refractivity contribution in [3.05, 3.63) is 33.8 Å². The number of rotatable bonds is 2. The molecular weight excluding hydrogens is 221 g/mol. The molecule has 14 heavy (non-hydrogen) atoms. The summed E-state index contributed by atoms with van der Waals surface area (Å²) in [5.41, 5.74) is 5.75. The zero-order chi connectivity index (χ0) is 10.9. The molecule has 0 aliphatic carbocycles. The summed E-state index contributed by atoms with van der Waals surface area (Å²) in [4.78, 5) is 0. The third-order valence-corrected chi connectivity index (χ3v) is 2.70. The molecule has 1 aromatic carbocycles. The van der Waals surface area contributed by atoms with Crippen LogP contribution >= 0.6 is 23.2 Å². The molecule has 3 N–H and O–H groups in total. The van der Waals surface area contributed by atoms with E-state index in [2.05, 4.69) is 0 Å². The van der Waals surface area contributed by atoms with Gasteiger partial charge in [0.2, 0.25) is 0 Å². The first-order valence-electron chi connectivity index (χ1n) is 4.24. The summed E-state index contributed by atoms with van der Waals surface area (Å²) in [7, 11) is 0. The Hall–Kier alpha value is -0.280. The molecule has 0 aliphatic heterocycles. The van der Waals surface area contributed by atoms with Crippen molar-refractivity contribution in [2.45, 2.75) is 25.5 Å². The van der Waals surface area contributed by atoms with Gasteiger partial charge in [0.05, 0.1) is 16.1 Å². The van der Waals surface area contributed by atoms with Gasteiger partial charge in [-0.3, -0.25) is 0 Å². The topological polar surface area (TPSA) is 46.2 Å². The monoisotopic (exact) mass is 233 g/mol. The average Bonchev–Trinajstić information content (AvgIpc) is 2.07. The van der Waals surface area contributed by atoms with Crippen LogP contribution in [0.3, 0.4) is 0 Å². The van der Waals surface area contributed by atoms with Crippen LogP contribution < -0.4 is 5.73 Å². The number of aliphatic hydroxyl groups is 1. The Morgan fingerprint density at radius 2 is 1.86 bits per heavy atom. The molecule has 78 valence electrons. The normalized spacial score (nSPS) is 14.1. The van der Waals surface area contributed by atoms with E-state index in [4.69, 9.17) is 28.9 Å². The molecule has 1 aromatic rings. The smallest absolute Gasteiger partial charge is 0.0964 e. The van der Waals surface area contributed by atoms with Gasteiger partial charge in [0.15, 0.2) is 0 Å². The lowest BCUT2D eigenvalue weighted by Crippen LogP contribution is -2.39. The van der Waals surface area contributed by atoms with Crippen LogP contribution in [0.1, 0.15) is 25.5 Å². The molecule has 1 unspecified atom stereocenters. The minimum Gasteiger partial charge on any atom is -0.387 e. The van der Waals surface area contributed by atoms with Gasteiger partial charge in [-0.15, -0.1) is 0 Å². The molecule has 1 atom stereocenters. The van der Waals surface area contributed by atoms with Gasteiger partial charge in [0.25, 0.3) is 0 Å². The third kappa shape index (κ3) is 2.61. The number of hydrogen-bond acceptors (Lipinski definition) is 2. The highest BCUT2D eigenvalue weighted by Crippen LogP contribution is 2.29. The molecule has 0 amide bonds. The molecule has 0 bridgehead atoms. The van der Waals surface area contributed by atoms with Crippen LogP contribution in [0.5, 0.6) is 0 Å². The van der Waals surface area contributed by atoms with Crippen molar-refractivity contribution in [2.24, 2.45) is 5.73 Å². The summed E-state index contributed by atoms with van der Waals surface area (Å²) < 4.78 is 0. The predicted octanol–water partition coefficient (Wildman–Crippen LogP) is 2.76. The zero-order valence-corrected chi connectivity index (χ0v) is 9.60. The van der Waals surface area contributed by atoms with Crippen molar-refractivity contribution in [1.82, 2.24) is 0 Å². The maximum absolute atomic E-state index is 9.85. The molecular formula is C10H13Cl2NO. The van der Waals surface area contributed by atoms with Gasteiger partial charge in [0.1, 0.15) is 0 Å². The van der Waals surface area contributed by atoms with Crippen LogP contribution in [0.4, 0.5) is 0 Å². The van der Waals surface area contributed by atoms with Gasteiger partial charge in [-0.1, -0.05) is 29.3 Å². The highest BCUT2D eigenvalue weighted by Gasteiger charge is 2.24. The molecule has 0 heterocycles. The summed E-state index contributed by atoms with van der Waals surface area (Å²) in [5.74, 6) is 0. The van der Waals surface area contributed by atoms with Gasteiger partial charge in [-0.25, -0.2) is 0 Å². The van der Waals surface area contributed by atoms with Gasteiger partial charge in [-0.2, -0.15) is 0 Å². The second kappa shape index (κ2) is 4.07. The van der Waals surface area contributed by atoms with Crippen molar-refractivity contribution in [3.63, 3.8) is 0 Å². The SMILES string of the molecule is CC(C)(N)C(O)c1ccc(Cl)c(Cl)c1. The maximum Gasteiger partial charge on any atom is 0.0964 e. The Morgan fingerprint density at radius 3 is 2.29 bits per heavy atom. The lowest BCUT2D eigenvalue weighted by Gasteiger charge is -2.26. The number of halogens is 2. The fourth-order valence-corrected chi connectivity index (χ4v) is 1.42. The summed E-state index contributed by atoms with van der Waals surface area (Å²) >= 11 is 11.6. The molecule has 0 saturated heterocycles. The first kappa shape index (κ1) is 11.8. The van der Waals surface area contributed by atoms with Crippen LogP contribution in [0.2, 0.25) is 10.0 Å². The van der Waals surface area contributed by atoms with Crippen molar-refractivity contribution in [1.29, 1.82) is 0 Å². The fraction of sp³-hybridized carbons (Fsp3) is 0.400. The summed E-state index contributed by atoms with van der Waals surface area (Å²) in [6.07, 6.45) is -0.753. The molecule has 1 rings (SSSR count). The van der Waals surface area contributed by atoms with E-state index in [1.165, 1.54) is 0 Å². The highest BCUT2D eigenvalue weighted by molar-refractivity contribution is 6.42. The standard InChI is InChI=1S/C10H13Cl2NO/c1-10(2,13)9(14)6-3-4-7(11)8(12)5-6/h3-5,9,14H,13H2,1-2H3. The third-order valence-electron chi connectivity index (χ3n) is 1.96. The number of aliphatic hydroxyl groups excluding tert-OH is 1. The zero-order valence-electron chi connectivity index (χ0n) is 8.09. The van der Waals surface area contributed by atoms with E-state index in [1.807, 2.05) is 0 Å². The van der Waals surface area contributed by atoms with Gasteiger partial charge >= 0.3 is 0 Å². The van der Waals surface area contributed by atoms with Crippen LogP contribution in [0.15, 0.2) is 18.2 Å². The minimum absolute atomic E-state index is 0.424.